The minimum absolute atomic E-state index is 0.0160. The summed E-state index contributed by atoms with van der Waals surface area (Å²) in [6, 6.07) is 15.5. The smallest absolute Gasteiger partial charge is 0.241 e. The third-order valence-electron chi connectivity index (χ3n) is 5.55. The largest absolute Gasteiger partial charge is 0.436 e. The number of fused-ring (bicyclic) bond motifs is 1. The normalized spacial score (nSPS) is 20.2. The summed E-state index contributed by atoms with van der Waals surface area (Å²) in [7, 11) is 0. The summed E-state index contributed by atoms with van der Waals surface area (Å²) in [6.45, 7) is 2.12. The van der Waals surface area contributed by atoms with Gasteiger partial charge in [-0.05, 0) is 74.5 Å². The number of rotatable bonds is 5. The first-order valence-electron chi connectivity index (χ1n) is 9.77. The molecule has 1 atom stereocenters. The molecule has 1 N–H and O–H groups in total. The van der Waals surface area contributed by atoms with E-state index in [1.807, 2.05) is 48.5 Å². The van der Waals surface area contributed by atoms with Gasteiger partial charge in [0.05, 0.1) is 6.04 Å². The molecule has 27 heavy (non-hydrogen) atoms. The highest BCUT2D eigenvalue weighted by Gasteiger charge is 2.34. The van der Waals surface area contributed by atoms with Crippen molar-refractivity contribution in [2.24, 2.45) is 5.92 Å². The first kappa shape index (κ1) is 16.5. The van der Waals surface area contributed by atoms with Crippen LogP contribution in [-0.2, 0) is 4.79 Å². The predicted octanol–water partition coefficient (Wildman–Crippen LogP) is 4.31. The molecule has 1 aliphatic heterocycles. The van der Waals surface area contributed by atoms with Gasteiger partial charge >= 0.3 is 0 Å². The third-order valence-corrected chi connectivity index (χ3v) is 5.55. The van der Waals surface area contributed by atoms with E-state index >= 15 is 0 Å². The Kier molecular flexibility index (Phi) is 4.17. The fourth-order valence-electron chi connectivity index (χ4n) is 3.89. The zero-order valence-corrected chi connectivity index (χ0v) is 15.2. The Balaban J connectivity index is 1.28. The summed E-state index contributed by atoms with van der Waals surface area (Å²) in [6.07, 6.45) is 4.71. The van der Waals surface area contributed by atoms with Gasteiger partial charge in [-0.3, -0.25) is 9.69 Å². The van der Waals surface area contributed by atoms with Crippen molar-refractivity contribution in [2.75, 3.05) is 18.4 Å². The summed E-state index contributed by atoms with van der Waals surface area (Å²) >= 11 is 0. The molecule has 0 spiro atoms. The van der Waals surface area contributed by atoms with Crippen LogP contribution in [0.1, 0.15) is 25.7 Å². The van der Waals surface area contributed by atoms with Gasteiger partial charge in [-0.1, -0.05) is 12.1 Å². The number of oxazole rings is 1. The second-order valence-electron chi connectivity index (χ2n) is 7.65. The van der Waals surface area contributed by atoms with Crippen molar-refractivity contribution in [2.45, 2.75) is 31.7 Å². The summed E-state index contributed by atoms with van der Waals surface area (Å²) in [5.41, 5.74) is 3.35. The Labute approximate surface area is 158 Å². The topological polar surface area (TPSA) is 58.4 Å². The average molecular weight is 361 g/mol. The molecule has 1 aliphatic carbocycles. The van der Waals surface area contributed by atoms with Crippen LogP contribution in [0.5, 0.6) is 0 Å². The number of aromatic nitrogens is 1. The molecule has 0 unspecified atom stereocenters. The minimum Gasteiger partial charge on any atom is -0.436 e. The van der Waals surface area contributed by atoms with E-state index < -0.39 is 0 Å². The van der Waals surface area contributed by atoms with Crippen LogP contribution in [0.15, 0.2) is 52.9 Å². The molecule has 2 aliphatic rings. The van der Waals surface area contributed by atoms with Crippen LogP contribution < -0.4 is 5.32 Å². The van der Waals surface area contributed by atoms with Gasteiger partial charge in [-0.2, -0.15) is 0 Å². The number of anilines is 1. The van der Waals surface area contributed by atoms with Crippen molar-refractivity contribution in [3.05, 3.63) is 48.5 Å². The summed E-state index contributed by atoms with van der Waals surface area (Å²) < 4.78 is 5.81. The zero-order chi connectivity index (χ0) is 18.2. The van der Waals surface area contributed by atoms with Gasteiger partial charge in [0.1, 0.15) is 5.52 Å². The molecule has 2 heterocycles. The molecule has 1 saturated carbocycles. The van der Waals surface area contributed by atoms with Crippen molar-refractivity contribution < 1.29 is 9.21 Å². The highest BCUT2D eigenvalue weighted by atomic mass is 16.3. The number of nitrogens with one attached hydrogen (secondary N) is 1. The highest BCUT2D eigenvalue weighted by Crippen LogP contribution is 2.32. The molecule has 5 heteroatoms. The first-order valence-corrected chi connectivity index (χ1v) is 9.77. The molecule has 3 aromatic rings. The highest BCUT2D eigenvalue weighted by molar-refractivity contribution is 5.95. The molecular formula is C22H23N3O2. The Bertz CT molecular complexity index is 926. The van der Waals surface area contributed by atoms with Crippen molar-refractivity contribution in [3.8, 4) is 11.5 Å². The lowest BCUT2D eigenvalue weighted by Crippen LogP contribution is -2.40. The summed E-state index contributed by atoms with van der Waals surface area (Å²) in [5, 5.41) is 3.08. The fraction of sp³-hybridized carbons (Fsp3) is 0.364. The lowest BCUT2D eigenvalue weighted by molar-refractivity contribution is -0.120. The van der Waals surface area contributed by atoms with E-state index in [4.69, 9.17) is 4.42 Å². The number of amides is 1. The molecule has 5 rings (SSSR count). The molecule has 1 saturated heterocycles. The monoisotopic (exact) mass is 361 g/mol. The number of hydrogen-bond donors (Lipinski definition) is 1. The van der Waals surface area contributed by atoms with E-state index in [0.29, 0.717) is 5.89 Å². The number of likely N-dealkylation sites (tertiary alicyclic amines) is 1. The van der Waals surface area contributed by atoms with Crippen LogP contribution in [0.4, 0.5) is 5.69 Å². The maximum atomic E-state index is 12.7. The molecule has 0 bridgehead atoms. The van der Waals surface area contributed by atoms with Crippen molar-refractivity contribution in [1.82, 2.24) is 9.88 Å². The van der Waals surface area contributed by atoms with Crippen LogP contribution >= 0.6 is 0 Å². The molecule has 0 radical (unpaired) electrons. The minimum atomic E-state index is 0.0160. The van der Waals surface area contributed by atoms with Crippen LogP contribution in [-0.4, -0.2) is 34.9 Å². The average Bonchev–Trinajstić information content (AvgIpc) is 3.20. The second-order valence-corrected chi connectivity index (χ2v) is 7.65. The van der Waals surface area contributed by atoms with E-state index in [1.165, 1.54) is 12.8 Å². The van der Waals surface area contributed by atoms with Crippen LogP contribution in [0.2, 0.25) is 0 Å². The quantitative estimate of drug-likeness (QED) is 0.736. The Morgan fingerprint density at radius 2 is 1.93 bits per heavy atom. The lowest BCUT2D eigenvalue weighted by atomic mass is 10.1. The predicted molar refractivity (Wildman–Crippen MR) is 105 cm³/mol. The van der Waals surface area contributed by atoms with Gasteiger partial charge in [0.25, 0.3) is 0 Å². The van der Waals surface area contributed by atoms with Gasteiger partial charge in [-0.25, -0.2) is 4.98 Å². The van der Waals surface area contributed by atoms with Gasteiger partial charge in [0, 0.05) is 17.8 Å². The first-order chi connectivity index (χ1) is 13.3. The van der Waals surface area contributed by atoms with Gasteiger partial charge in [0.2, 0.25) is 11.8 Å². The zero-order valence-electron chi connectivity index (χ0n) is 15.2. The van der Waals surface area contributed by atoms with E-state index in [1.54, 1.807) is 0 Å². The second kappa shape index (κ2) is 6.82. The van der Waals surface area contributed by atoms with Gasteiger partial charge < -0.3 is 9.73 Å². The molecule has 2 fully saturated rings. The number of nitrogens with zero attached hydrogens (tertiary/aromatic N) is 2. The Hall–Kier alpha value is -2.66. The molecule has 1 amide bonds. The van der Waals surface area contributed by atoms with E-state index in [9.17, 15) is 4.79 Å². The van der Waals surface area contributed by atoms with Crippen LogP contribution in [0, 0.1) is 5.92 Å². The molecule has 1 aromatic heterocycles. The Morgan fingerprint density at radius 1 is 1.11 bits per heavy atom. The number of para-hydroxylation sites is 2. The lowest BCUT2D eigenvalue weighted by Gasteiger charge is -2.23. The molecule has 138 valence electrons. The standard InChI is InChI=1S/C22H23N3O2/c26-21(19-5-3-13-25(19)14-15-7-8-15)23-17-11-9-16(10-12-17)22-24-18-4-1-2-6-20(18)27-22/h1-2,4,6,9-12,15,19H,3,5,7-8,13-14H2,(H,23,26)/t19-/m0/s1. The van der Waals surface area contributed by atoms with Crippen LogP contribution in [0.3, 0.4) is 0 Å². The fourth-order valence-corrected chi connectivity index (χ4v) is 3.89. The molecule has 2 aromatic carbocycles. The SMILES string of the molecule is O=C(Nc1ccc(-c2nc3ccccc3o2)cc1)[C@@H]1CCCN1CC1CC1. The van der Waals surface area contributed by atoms with Crippen LogP contribution in [0.25, 0.3) is 22.6 Å². The maximum absolute atomic E-state index is 12.7. The summed E-state index contributed by atoms with van der Waals surface area (Å²) in [4.78, 5) is 19.6. The van der Waals surface area contributed by atoms with E-state index in [0.717, 1.165) is 54.2 Å². The molecular weight excluding hydrogens is 338 g/mol. The van der Waals surface area contributed by atoms with Crippen molar-refractivity contribution in [3.63, 3.8) is 0 Å². The number of carbonyl (C=O) groups is 1. The molecule has 5 nitrogen and oxygen atoms in total. The Morgan fingerprint density at radius 3 is 2.70 bits per heavy atom. The van der Waals surface area contributed by atoms with Gasteiger partial charge in [0.15, 0.2) is 5.58 Å². The van der Waals surface area contributed by atoms with E-state index in [2.05, 4.69) is 15.2 Å². The number of hydrogen-bond acceptors (Lipinski definition) is 4. The number of carbonyl (C=O) groups excluding carboxylic acids is 1. The third kappa shape index (κ3) is 3.47. The maximum Gasteiger partial charge on any atom is 0.241 e. The number of benzene rings is 2. The summed E-state index contributed by atoms with van der Waals surface area (Å²) in [5.74, 6) is 1.53. The van der Waals surface area contributed by atoms with E-state index in [-0.39, 0.29) is 11.9 Å². The van der Waals surface area contributed by atoms with Crippen molar-refractivity contribution >= 4 is 22.7 Å². The van der Waals surface area contributed by atoms with Gasteiger partial charge in [-0.15, -0.1) is 0 Å². The van der Waals surface area contributed by atoms with Crippen molar-refractivity contribution in [1.29, 1.82) is 0 Å².